The van der Waals surface area contributed by atoms with Crippen molar-refractivity contribution in [2.75, 3.05) is 6.54 Å². The molecule has 0 spiro atoms. The summed E-state index contributed by atoms with van der Waals surface area (Å²) >= 11 is 0. The van der Waals surface area contributed by atoms with E-state index in [-0.39, 0.29) is 0 Å². The molecule has 23 heavy (non-hydrogen) atoms. The van der Waals surface area contributed by atoms with Gasteiger partial charge in [-0.3, -0.25) is 0 Å². The normalized spacial score (nSPS) is 17.8. The molecule has 0 aliphatic heterocycles. The summed E-state index contributed by atoms with van der Waals surface area (Å²) in [5, 5.41) is 3.66. The van der Waals surface area contributed by atoms with Crippen LogP contribution in [0, 0.1) is 0 Å². The Kier molecular flexibility index (Phi) is 4.12. The molecular weight excluding hydrogens is 282 g/mol. The fraction of sp³-hybridized carbons (Fsp3) is 0.350. The molecule has 3 nitrogen and oxygen atoms in total. The van der Waals surface area contributed by atoms with Gasteiger partial charge in [-0.25, -0.2) is 4.98 Å². The summed E-state index contributed by atoms with van der Waals surface area (Å²) in [4.78, 5) is 4.35. The Hall–Kier alpha value is -2.13. The molecule has 1 unspecified atom stereocenters. The van der Waals surface area contributed by atoms with Crippen LogP contribution in [0.15, 0.2) is 55.0 Å². The molecule has 0 saturated carbocycles. The average Bonchev–Trinajstić information content (AvgIpc) is 2.95. The number of benzene rings is 1. The number of fused-ring (bicyclic) bond motifs is 2. The summed E-state index contributed by atoms with van der Waals surface area (Å²) in [6.45, 7) is 1.96. The number of imidazole rings is 1. The van der Waals surface area contributed by atoms with Crippen LogP contribution in [0.25, 0.3) is 5.65 Å². The molecule has 4 rings (SSSR count). The molecule has 1 N–H and O–H groups in total. The summed E-state index contributed by atoms with van der Waals surface area (Å²) in [5.74, 6) is 0.642. The summed E-state index contributed by atoms with van der Waals surface area (Å²) < 4.78 is 2.05. The monoisotopic (exact) mass is 305 g/mol. The molecule has 0 amide bonds. The number of aromatic nitrogens is 2. The molecular formula is C20H23N3. The number of aryl methyl sites for hydroxylation is 1. The number of pyridine rings is 1. The first-order valence-corrected chi connectivity index (χ1v) is 8.60. The summed E-state index contributed by atoms with van der Waals surface area (Å²) in [5.41, 5.74) is 5.42. The van der Waals surface area contributed by atoms with E-state index in [0.29, 0.717) is 5.92 Å². The van der Waals surface area contributed by atoms with Gasteiger partial charge in [0.05, 0.1) is 0 Å². The van der Waals surface area contributed by atoms with E-state index < -0.39 is 0 Å². The molecule has 1 aromatic carbocycles. The number of rotatable bonds is 4. The van der Waals surface area contributed by atoms with Crippen LogP contribution in [0.4, 0.5) is 0 Å². The summed E-state index contributed by atoms with van der Waals surface area (Å²) in [7, 11) is 0. The minimum Gasteiger partial charge on any atom is -0.312 e. The first-order chi connectivity index (χ1) is 11.4. The molecule has 0 fully saturated rings. The van der Waals surface area contributed by atoms with Gasteiger partial charge in [0.1, 0.15) is 5.65 Å². The quantitative estimate of drug-likeness (QED) is 0.740. The maximum Gasteiger partial charge on any atom is 0.136 e. The molecule has 3 aromatic rings. The zero-order valence-corrected chi connectivity index (χ0v) is 13.4. The van der Waals surface area contributed by atoms with Gasteiger partial charge >= 0.3 is 0 Å². The van der Waals surface area contributed by atoms with E-state index in [4.69, 9.17) is 0 Å². The van der Waals surface area contributed by atoms with Crippen molar-refractivity contribution in [3.05, 3.63) is 71.7 Å². The Morgan fingerprint density at radius 3 is 3.09 bits per heavy atom. The predicted octanol–water partition coefficient (Wildman–Crippen LogP) is 3.93. The highest BCUT2D eigenvalue weighted by Crippen LogP contribution is 2.29. The third kappa shape index (κ3) is 3.15. The van der Waals surface area contributed by atoms with Gasteiger partial charge in [0.25, 0.3) is 0 Å². The van der Waals surface area contributed by atoms with Gasteiger partial charge < -0.3 is 9.72 Å². The highest BCUT2D eigenvalue weighted by Gasteiger charge is 2.17. The van der Waals surface area contributed by atoms with E-state index in [2.05, 4.69) is 52.9 Å². The molecule has 0 radical (unpaired) electrons. The van der Waals surface area contributed by atoms with Gasteiger partial charge in [-0.2, -0.15) is 0 Å². The zero-order valence-electron chi connectivity index (χ0n) is 13.4. The highest BCUT2D eigenvalue weighted by atomic mass is 15.0. The van der Waals surface area contributed by atoms with E-state index in [0.717, 1.165) is 18.7 Å². The maximum atomic E-state index is 4.35. The molecule has 2 heterocycles. The molecule has 0 saturated heterocycles. The lowest BCUT2D eigenvalue weighted by atomic mass is 9.92. The summed E-state index contributed by atoms with van der Waals surface area (Å²) in [6.07, 6.45) is 11.1. The van der Waals surface area contributed by atoms with Gasteiger partial charge in [-0.05, 0) is 54.0 Å². The van der Waals surface area contributed by atoms with Gasteiger partial charge in [0.2, 0.25) is 0 Å². The minimum absolute atomic E-state index is 0.642. The second-order valence-corrected chi connectivity index (χ2v) is 6.50. The van der Waals surface area contributed by atoms with Crippen LogP contribution in [-0.4, -0.2) is 15.9 Å². The number of hydrogen-bond acceptors (Lipinski definition) is 2. The van der Waals surface area contributed by atoms with E-state index in [1.165, 1.54) is 31.2 Å². The van der Waals surface area contributed by atoms with Gasteiger partial charge in [0, 0.05) is 31.7 Å². The Bertz CT molecular complexity index is 790. The van der Waals surface area contributed by atoms with Crippen molar-refractivity contribution in [2.24, 2.45) is 0 Å². The SMILES string of the molecule is c1ccc2c(c1)CCCCC2CNCc1ccn2ccnc2c1. The Balaban J connectivity index is 1.42. The smallest absolute Gasteiger partial charge is 0.136 e. The van der Waals surface area contributed by atoms with Crippen LogP contribution < -0.4 is 5.32 Å². The lowest BCUT2D eigenvalue weighted by molar-refractivity contribution is 0.537. The fourth-order valence-corrected chi connectivity index (χ4v) is 3.69. The highest BCUT2D eigenvalue weighted by molar-refractivity contribution is 5.41. The second kappa shape index (κ2) is 6.55. The summed E-state index contributed by atoms with van der Waals surface area (Å²) in [6, 6.07) is 13.3. The third-order valence-corrected chi connectivity index (χ3v) is 4.93. The molecule has 118 valence electrons. The number of nitrogens with one attached hydrogen (secondary N) is 1. The standard InChI is InChI=1S/C20H23N3/c1-2-7-18(19-8-4-3-6-17(19)5-1)15-21-14-16-9-11-23-12-10-22-20(23)13-16/h3-4,6,8-13,18,21H,1-2,5,7,14-15H2. The number of nitrogens with zero attached hydrogens (tertiary/aromatic N) is 2. The first kappa shape index (κ1) is 14.5. The third-order valence-electron chi connectivity index (χ3n) is 4.93. The minimum atomic E-state index is 0.642. The van der Waals surface area contributed by atoms with Gasteiger partial charge in [-0.1, -0.05) is 30.7 Å². The fourth-order valence-electron chi connectivity index (χ4n) is 3.69. The lowest BCUT2D eigenvalue weighted by Crippen LogP contribution is -2.21. The van der Waals surface area contributed by atoms with Crippen LogP contribution in [0.3, 0.4) is 0 Å². The van der Waals surface area contributed by atoms with Crippen LogP contribution in [0.2, 0.25) is 0 Å². The molecule has 3 heteroatoms. The Morgan fingerprint density at radius 2 is 2.09 bits per heavy atom. The van der Waals surface area contributed by atoms with E-state index in [1.54, 1.807) is 11.1 Å². The Labute approximate surface area is 137 Å². The van der Waals surface area contributed by atoms with E-state index in [1.807, 2.05) is 16.8 Å². The lowest BCUT2D eigenvalue weighted by Gasteiger charge is -2.18. The van der Waals surface area contributed by atoms with Crippen molar-refractivity contribution >= 4 is 5.65 Å². The Morgan fingerprint density at radius 1 is 1.13 bits per heavy atom. The molecule has 1 aliphatic carbocycles. The second-order valence-electron chi connectivity index (χ2n) is 6.50. The largest absolute Gasteiger partial charge is 0.312 e. The topological polar surface area (TPSA) is 29.3 Å². The van der Waals surface area contributed by atoms with E-state index in [9.17, 15) is 0 Å². The van der Waals surface area contributed by atoms with Crippen molar-refractivity contribution in [2.45, 2.75) is 38.1 Å². The number of hydrogen-bond donors (Lipinski definition) is 1. The van der Waals surface area contributed by atoms with Crippen molar-refractivity contribution in [1.82, 2.24) is 14.7 Å². The van der Waals surface area contributed by atoms with Crippen LogP contribution >= 0.6 is 0 Å². The predicted molar refractivity (Wildman–Crippen MR) is 93.6 cm³/mol. The maximum absolute atomic E-state index is 4.35. The van der Waals surface area contributed by atoms with Crippen LogP contribution in [-0.2, 0) is 13.0 Å². The molecule has 1 aliphatic rings. The van der Waals surface area contributed by atoms with Gasteiger partial charge in [-0.15, -0.1) is 0 Å². The van der Waals surface area contributed by atoms with Crippen molar-refractivity contribution < 1.29 is 0 Å². The van der Waals surface area contributed by atoms with Crippen molar-refractivity contribution in [3.63, 3.8) is 0 Å². The zero-order chi connectivity index (χ0) is 15.5. The van der Waals surface area contributed by atoms with Gasteiger partial charge in [0.15, 0.2) is 0 Å². The average molecular weight is 305 g/mol. The van der Waals surface area contributed by atoms with Crippen molar-refractivity contribution in [3.8, 4) is 0 Å². The van der Waals surface area contributed by atoms with Crippen LogP contribution in [0.1, 0.15) is 41.9 Å². The molecule has 2 aromatic heterocycles. The van der Waals surface area contributed by atoms with Crippen LogP contribution in [0.5, 0.6) is 0 Å². The van der Waals surface area contributed by atoms with Crippen molar-refractivity contribution in [1.29, 1.82) is 0 Å². The molecule has 0 bridgehead atoms. The first-order valence-electron chi connectivity index (χ1n) is 8.60. The van der Waals surface area contributed by atoms with E-state index >= 15 is 0 Å². The molecule has 1 atom stereocenters.